The van der Waals surface area contributed by atoms with Crippen LogP contribution in [0.25, 0.3) is 0 Å². The standard InChI is InChI=1S/C15H21N3O3S/c1-11(19)18-7-5-13-8-14(2-3-15(13)18)22(20,21)17-6-4-12(9-16)10-17/h2-3,8,12H,4-7,9-10,16H2,1H3. The maximum absolute atomic E-state index is 12.7. The van der Waals surface area contributed by atoms with E-state index in [0.29, 0.717) is 37.5 Å². The lowest BCUT2D eigenvalue weighted by Gasteiger charge is -2.18. The lowest BCUT2D eigenvalue weighted by Crippen LogP contribution is -2.30. The Kier molecular flexibility index (Phi) is 3.96. The van der Waals surface area contributed by atoms with Gasteiger partial charge >= 0.3 is 0 Å². The Bertz CT molecular complexity index is 702. The van der Waals surface area contributed by atoms with E-state index in [2.05, 4.69) is 0 Å². The zero-order valence-corrected chi connectivity index (χ0v) is 13.5. The Hall–Kier alpha value is -1.44. The molecule has 0 aromatic heterocycles. The Morgan fingerprint density at radius 2 is 2.14 bits per heavy atom. The fourth-order valence-electron chi connectivity index (χ4n) is 3.22. The summed E-state index contributed by atoms with van der Waals surface area (Å²) in [4.78, 5) is 13.6. The molecule has 2 heterocycles. The van der Waals surface area contributed by atoms with Crippen molar-refractivity contribution in [3.8, 4) is 0 Å². The highest BCUT2D eigenvalue weighted by atomic mass is 32.2. The lowest BCUT2D eigenvalue weighted by atomic mass is 10.1. The summed E-state index contributed by atoms with van der Waals surface area (Å²) in [6.07, 6.45) is 1.52. The number of rotatable bonds is 3. The van der Waals surface area contributed by atoms with E-state index in [-0.39, 0.29) is 11.8 Å². The van der Waals surface area contributed by atoms with Gasteiger partial charge in [0.05, 0.1) is 4.90 Å². The molecule has 120 valence electrons. The van der Waals surface area contributed by atoms with E-state index in [0.717, 1.165) is 17.7 Å². The van der Waals surface area contributed by atoms with E-state index in [9.17, 15) is 13.2 Å². The minimum Gasteiger partial charge on any atom is -0.330 e. The first-order valence-corrected chi connectivity index (χ1v) is 8.98. The van der Waals surface area contributed by atoms with Gasteiger partial charge in [-0.2, -0.15) is 4.31 Å². The summed E-state index contributed by atoms with van der Waals surface area (Å²) in [5.41, 5.74) is 7.39. The number of nitrogens with zero attached hydrogens (tertiary/aromatic N) is 2. The van der Waals surface area contributed by atoms with Crippen LogP contribution in [0, 0.1) is 5.92 Å². The van der Waals surface area contributed by atoms with Gasteiger partial charge in [0.25, 0.3) is 0 Å². The molecular formula is C15H21N3O3S. The summed E-state index contributed by atoms with van der Waals surface area (Å²) in [7, 11) is -3.47. The van der Waals surface area contributed by atoms with Crippen LogP contribution in [0.5, 0.6) is 0 Å². The highest BCUT2D eigenvalue weighted by molar-refractivity contribution is 7.89. The molecule has 1 unspecified atom stereocenters. The number of anilines is 1. The number of nitrogens with two attached hydrogens (primary N) is 1. The Morgan fingerprint density at radius 1 is 1.36 bits per heavy atom. The second kappa shape index (κ2) is 5.64. The third-order valence-corrected chi connectivity index (χ3v) is 6.41. The van der Waals surface area contributed by atoms with Crippen molar-refractivity contribution in [3.05, 3.63) is 23.8 Å². The van der Waals surface area contributed by atoms with E-state index < -0.39 is 10.0 Å². The second-order valence-corrected chi connectivity index (χ2v) is 7.90. The van der Waals surface area contributed by atoms with Crippen molar-refractivity contribution in [2.45, 2.75) is 24.7 Å². The van der Waals surface area contributed by atoms with Crippen molar-refractivity contribution in [2.75, 3.05) is 31.1 Å². The fraction of sp³-hybridized carbons (Fsp3) is 0.533. The smallest absolute Gasteiger partial charge is 0.243 e. The number of fused-ring (bicyclic) bond motifs is 1. The van der Waals surface area contributed by atoms with Crippen LogP contribution >= 0.6 is 0 Å². The number of carbonyl (C=O) groups excluding carboxylic acids is 1. The van der Waals surface area contributed by atoms with Crippen LogP contribution in [-0.4, -0.2) is 44.8 Å². The van der Waals surface area contributed by atoms with E-state index >= 15 is 0 Å². The van der Waals surface area contributed by atoms with Gasteiger partial charge in [0.1, 0.15) is 0 Å². The summed E-state index contributed by atoms with van der Waals surface area (Å²) >= 11 is 0. The van der Waals surface area contributed by atoms with E-state index in [1.165, 1.54) is 11.2 Å². The highest BCUT2D eigenvalue weighted by Gasteiger charge is 2.33. The number of carbonyl (C=O) groups is 1. The SMILES string of the molecule is CC(=O)N1CCc2cc(S(=O)(=O)N3CCC(CN)C3)ccc21. The quantitative estimate of drug-likeness (QED) is 0.881. The normalized spacial score (nSPS) is 22.1. The van der Waals surface area contributed by atoms with Gasteiger partial charge in [-0.05, 0) is 49.1 Å². The van der Waals surface area contributed by atoms with E-state index in [1.54, 1.807) is 23.1 Å². The third kappa shape index (κ3) is 2.53. The van der Waals surface area contributed by atoms with E-state index in [4.69, 9.17) is 5.73 Å². The largest absolute Gasteiger partial charge is 0.330 e. The van der Waals surface area contributed by atoms with Crippen LogP contribution in [0.2, 0.25) is 0 Å². The highest BCUT2D eigenvalue weighted by Crippen LogP contribution is 2.32. The van der Waals surface area contributed by atoms with Crippen molar-refractivity contribution < 1.29 is 13.2 Å². The van der Waals surface area contributed by atoms with Crippen LogP contribution in [0.4, 0.5) is 5.69 Å². The molecule has 1 aromatic rings. The molecule has 22 heavy (non-hydrogen) atoms. The van der Waals surface area contributed by atoms with Gasteiger partial charge in [-0.1, -0.05) is 0 Å². The van der Waals surface area contributed by atoms with Gasteiger partial charge < -0.3 is 10.6 Å². The molecule has 1 amide bonds. The molecule has 0 bridgehead atoms. The van der Waals surface area contributed by atoms with Gasteiger partial charge in [0, 0.05) is 32.2 Å². The molecule has 3 rings (SSSR count). The van der Waals surface area contributed by atoms with Crippen LogP contribution in [0.1, 0.15) is 18.9 Å². The molecular weight excluding hydrogens is 302 g/mol. The topological polar surface area (TPSA) is 83.7 Å². The number of sulfonamides is 1. The first kappa shape index (κ1) is 15.5. The molecule has 7 heteroatoms. The molecule has 6 nitrogen and oxygen atoms in total. The molecule has 0 spiro atoms. The number of hydrogen-bond acceptors (Lipinski definition) is 4. The predicted octanol–water partition coefficient (Wildman–Crippen LogP) is 0.565. The molecule has 2 aliphatic rings. The van der Waals surface area contributed by atoms with Crippen molar-refractivity contribution in [1.82, 2.24) is 4.31 Å². The van der Waals surface area contributed by atoms with Gasteiger partial charge in [-0.3, -0.25) is 4.79 Å². The summed E-state index contributed by atoms with van der Waals surface area (Å²) in [5, 5.41) is 0. The minimum absolute atomic E-state index is 0.0142. The van der Waals surface area contributed by atoms with E-state index in [1.807, 2.05) is 0 Å². The Labute approximate surface area is 130 Å². The predicted molar refractivity (Wildman–Crippen MR) is 84.1 cm³/mol. The minimum atomic E-state index is -3.47. The van der Waals surface area contributed by atoms with Crippen LogP contribution in [0.15, 0.2) is 23.1 Å². The molecule has 2 N–H and O–H groups in total. The molecule has 0 aliphatic carbocycles. The second-order valence-electron chi connectivity index (χ2n) is 5.96. The van der Waals surface area contributed by atoms with Gasteiger partial charge in [0.2, 0.25) is 15.9 Å². The fourth-order valence-corrected chi connectivity index (χ4v) is 4.80. The molecule has 1 fully saturated rings. The van der Waals surface area contributed by atoms with Crippen LogP contribution < -0.4 is 10.6 Å². The van der Waals surface area contributed by atoms with Crippen molar-refractivity contribution >= 4 is 21.6 Å². The zero-order chi connectivity index (χ0) is 15.9. The summed E-state index contributed by atoms with van der Waals surface area (Å²) < 4.78 is 26.9. The van der Waals surface area contributed by atoms with Crippen LogP contribution in [-0.2, 0) is 21.2 Å². The zero-order valence-electron chi connectivity index (χ0n) is 12.7. The molecule has 0 radical (unpaired) electrons. The van der Waals surface area contributed by atoms with Gasteiger partial charge in [-0.15, -0.1) is 0 Å². The number of hydrogen-bond donors (Lipinski definition) is 1. The third-order valence-electron chi connectivity index (χ3n) is 4.55. The number of benzene rings is 1. The maximum Gasteiger partial charge on any atom is 0.243 e. The number of amides is 1. The summed E-state index contributed by atoms with van der Waals surface area (Å²) in [6, 6.07) is 5.06. The first-order valence-electron chi connectivity index (χ1n) is 7.54. The molecule has 2 aliphatic heterocycles. The Balaban J connectivity index is 1.89. The Morgan fingerprint density at radius 3 is 2.77 bits per heavy atom. The summed E-state index contributed by atoms with van der Waals surface area (Å²) in [5.74, 6) is 0.233. The summed E-state index contributed by atoms with van der Waals surface area (Å²) in [6.45, 7) is 3.68. The monoisotopic (exact) mass is 323 g/mol. The average Bonchev–Trinajstić information content (AvgIpc) is 3.13. The van der Waals surface area contributed by atoms with Gasteiger partial charge in [0.15, 0.2) is 0 Å². The van der Waals surface area contributed by atoms with Crippen molar-refractivity contribution in [3.63, 3.8) is 0 Å². The molecule has 0 saturated carbocycles. The van der Waals surface area contributed by atoms with Crippen LogP contribution in [0.3, 0.4) is 0 Å². The van der Waals surface area contributed by atoms with Gasteiger partial charge in [-0.25, -0.2) is 8.42 Å². The van der Waals surface area contributed by atoms with Crippen molar-refractivity contribution in [1.29, 1.82) is 0 Å². The lowest BCUT2D eigenvalue weighted by molar-refractivity contribution is -0.116. The molecule has 1 atom stereocenters. The molecule has 1 saturated heterocycles. The first-order chi connectivity index (χ1) is 10.4. The van der Waals surface area contributed by atoms with Crippen molar-refractivity contribution in [2.24, 2.45) is 11.7 Å². The average molecular weight is 323 g/mol. The molecule has 1 aromatic carbocycles. The maximum atomic E-state index is 12.7.